The first kappa shape index (κ1) is 7.17. The number of fused-ring (bicyclic) bond motifs is 1. The first-order valence-corrected chi connectivity index (χ1v) is 3.51. The van der Waals surface area contributed by atoms with Crippen LogP contribution < -0.4 is 0 Å². The molecule has 0 radical (unpaired) electrons. The maximum Gasteiger partial charge on any atom is 0.356 e. The predicted octanol–water partition coefficient (Wildman–Crippen LogP) is 1.01. The predicted molar refractivity (Wildman–Crippen MR) is 41.5 cm³/mol. The monoisotopic (exact) mass is 185 g/mol. The van der Waals surface area contributed by atoms with Gasteiger partial charge in [-0.1, -0.05) is 11.6 Å². The van der Waals surface area contributed by atoms with Gasteiger partial charge in [-0.05, 0) is 0 Å². The summed E-state index contributed by atoms with van der Waals surface area (Å²) in [6.45, 7) is 0. The smallest absolute Gasteiger partial charge is 0.356 e. The molecule has 0 saturated carbocycles. The van der Waals surface area contributed by atoms with Gasteiger partial charge in [0.15, 0.2) is 11.3 Å². The Morgan fingerprint density at radius 3 is 3.08 bits per heavy atom. The molecule has 5 nitrogen and oxygen atoms in total. The van der Waals surface area contributed by atoms with E-state index in [4.69, 9.17) is 16.7 Å². The fourth-order valence-corrected chi connectivity index (χ4v) is 1.12. The van der Waals surface area contributed by atoms with Crippen LogP contribution in [0.2, 0.25) is 5.02 Å². The van der Waals surface area contributed by atoms with Crippen LogP contribution in [0.15, 0.2) is 12.4 Å². The number of carboxylic acids is 1. The summed E-state index contributed by atoms with van der Waals surface area (Å²) in [5.41, 5.74) is 0.401. The van der Waals surface area contributed by atoms with Crippen LogP contribution >= 0.6 is 11.6 Å². The lowest BCUT2D eigenvalue weighted by atomic mass is 10.5. The number of aromatic amines is 1. The van der Waals surface area contributed by atoms with E-state index in [-0.39, 0.29) is 5.69 Å². The third kappa shape index (κ3) is 0.868. The molecular weight excluding hydrogens is 182 g/mol. The molecule has 2 rings (SSSR count). The van der Waals surface area contributed by atoms with E-state index >= 15 is 0 Å². The lowest BCUT2D eigenvalue weighted by Gasteiger charge is -1.80. The highest BCUT2D eigenvalue weighted by atomic mass is 35.5. The maximum absolute atomic E-state index is 10.4. The minimum atomic E-state index is -1.07. The molecule has 0 atom stereocenters. The van der Waals surface area contributed by atoms with Crippen LogP contribution in [0.5, 0.6) is 0 Å². The van der Waals surface area contributed by atoms with Gasteiger partial charge >= 0.3 is 5.97 Å². The minimum Gasteiger partial charge on any atom is -0.476 e. The van der Waals surface area contributed by atoms with E-state index in [9.17, 15) is 4.79 Å². The molecular formula is C6H4ClN3O2. The van der Waals surface area contributed by atoms with E-state index < -0.39 is 5.97 Å². The molecule has 0 spiro atoms. The number of aromatic nitrogens is 3. The molecule has 2 heterocycles. The molecule has 2 N–H and O–H groups in total. The summed E-state index contributed by atoms with van der Waals surface area (Å²) in [5.74, 6) is -1.07. The van der Waals surface area contributed by atoms with Gasteiger partial charge in [0.05, 0.1) is 6.20 Å². The van der Waals surface area contributed by atoms with Crippen LogP contribution in [-0.4, -0.2) is 25.7 Å². The number of imidazole rings is 1. The van der Waals surface area contributed by atoms with Gasteiger partial charge in [-0.2, -0.15) is 0 Å². The van der Waals surface area contributed by atoms with Gasteiger partial charge in [0, 0.05) is 6.20 Å². The van der Waals surface area contributed by atoms with E-state index in [1.165, 1.54) is 16.9 Å². The Kier molecular flexibility index (Phi) is 1.34. The molecule has 6 heteroatoms. The fraction of sp³-hybridized carbons (Fsp3) is 0. The second-order valence-corrected chi connectivity index (χ2v) is 2.65. The summed E-state index contributed by atoms with van der Waals surface area (Å²) in [6, 6.07) is 0. The number of aromatic carboxylic acids is 1. The van der Waals surface area contributed by atoms with Gasteiger partial charge in [-0.3, -0.25) is 5.10 Å². The van der Waals surface area contributed by atoms with Crippen molar-refractivity contribution in [3.8, 4) is 0 Å². The Bertz CT molecular complexity index is 445. The van der Waals surface area contributed by atoms with Gasteiger partial charge in [-0.25, -0.2) is 14.3 Å². The number of carboxylic acid groups (broad SMARTS) is 1. The molecule has 0 aromatic carbocycles. The summed E-state index contributed by atoms with van der Waals surface area (Å²) in [4.78, 5) is 14.2. The molecule has 2 aromatic heterocycles. The highest BCUT2D eigenvalue weighted by molar-refractivity contribution is 6.33. The van der Waals surface area contributed by atoms with Crippen molar-refractivity contribution in [2.75, 3.05) is 0 Å². The third-order valence-corrected chi connectivity index (χ3v) is 1.75. The van der Waals surface area contributed by atoms with Crippen LogP contribution in [0.4, 0.5) is 0 Å². The van der Waals surface area contributed by atoms with E-state index in [0.29, 0.717) is 10.7 Å². The SMILES string of the molecule is O=C(O)c1cn2[nH]cc(Cl)c2n1. The van der Waals surface area contributed by atoms with E-state index in [2.05, 4.69) is 10.1 Å². The lowest BCUT2D eigenvalue weighted by molar-refractivity contribution is 0.0691. The highest BCUT2D eigenvalue weighted by Gasteiger charge is 2.11. The number of H-pyrrole nitrogens is 1. The van der Waals surface area contributed by atoms with Crippen molar-refractivity contribution in [2.45, 2.75) is 0 Å². The number of hydrogen-bond donors (Lipinski definition) is 2. The second-order valence-electron chi connectivity index (χ2n) is 2.25. The first-order valence-electron chi connectivity index (χ1n) is 3.14. The van der Waals surface area contributed by atoms with Crippen LogP contribution in [0.1, 0.15) is 10.5 Å². The number of rotatable bonds is 1. The molecule has 12 heavy (non-hydrogen) atoms. The minimum absolute atomic E-state index is 0.0243. The molecule has 0 bridgehead atoms. The Morgan fingerprint density at radius 2 is 2.50 bits per heavy atom. The van der Waals surface area contributed by atoms with Crippen molar-refractivity contribution in [1.82, 2.24) is 14.6 Å². The van der Waals surface area contributed by atoms with Gasteiger partial charge < -0.3 is 5.11 Å². The Balaban J connectivity index is 2.70. The van der Waals surface area contributed by atoms with Crippen molar-refractivity contribution < 1.29 is 9.90 Å². The van der Waals surface area contributed by atoms with Crippen molar-refractivity contribution in [2.24, 2.45) is 0 Å². The average molecular weight is 186 g/mol. The first-order chi connectivity index (χ1) is 5.68. The Labute approximate surface area is 71.6 Å². The number of halogens is 1. The van der Waals surface area contributed by atoms with E-state index in [1.807, 2.05) is 0 Å². The molecule has 0 unspecified atom stereocenters. The van der Waals surface area contributed by atoms with Crippen LogP contribution in [0.25, 0.3) is 5.65 Å². The van der Waals surface area contributed by atoms with Crippen molar-refractivity contribution in [1.29, 1.82) is 0 Å². The van der Waals surface area contributed by atoms with Crippen LogP contribution in [0, 0.1) is 0 Å². The lowest BCUT2D eigenvalue weighted by Crippen LogP contribution is -1.95. The standard InChI is InChI=1S/C6H4ClN3O2/c7-3-1-8-10-2-4(6(11)12)9-5(3)10/h1-2,8H,(H,11,12). The summed E-state index contributed by atoms with van der Waals surface area (Å²) in [6.07, 6.45) is 2.90. The van der Waals surface area contributed by atoms with Crippen LogP contribution in [0.3, 0.4) is 0 Å². The zero-order valence-electron chi connectivity index (χ0n) is 5.78. The molecule has 0 aliphatic carbocycles. The van der Waals surface area contributed by atoms with Gasteiger partial charge in [0.25, 0.3) is 0 Å². The topological polar surface area (TPSA) is 70.4 Å². The molecule has 0 saturated heterocycles. The quantitative estimate of drug-likeness (QED) is 0.697. The zero-order valence-corrected chi connectivity index (χ0v) is 6.54. The summed E-state index contributed by atoms with van der Waals surface area (Å²) in [7, 11) is 0. The molecule has 2 aromatic rings. The maximum atomic E-state index is 10.4. The van der Waals surface area contributed by atoms with E-state index in [0.717, 1.165) is 0 Å². The molecule has 0 aliphatic heterocycles. The van der Waals surface area contributed by atoms with Gasteiger partial charge in [0.1, 0.15) is 5.02 Å². The third-order valence-electron chi connectivity index (χ3n) is 1.47. The summed E-state index contributed by atoms with van der Waals surface area (Å²) >= 11 is 5.68. The molecule has 0 amide bonds. The number of carbonyl (C=O) groups is 1. The van der Waals surface area contributed by atoms with Gasteiger partial charge in [0.2, 0.25) is 0 Å². The second kappa shape index (κ2) is 2.25. The Hall–Kier alpha value is -1.49. The van der Waals surface area contributed by atoms with Crippen LogP contribution in [-0.2, 0) is 0 Å². The number of nitrogens with zero attached hydrogens (tertiary/aromatic N) is 2. The molecule has 0 aliphatic rings. The molecule has 62 valence electrons. The van der Waals surface area contributed by atoms with Crippen molar-refractivity contribution >= 4 is 23.2 Å². The van der Waals surface area contributed by atoms with Gasteiger partial charge in [-0.15, -0.1) is 0 Å². The number of hydrogen-bond acceptors (Lipinski definition) is 2. The van der Waals surface area contributed by atoms with Crippen molar-refractivity contribution in [3.63, 3.8) is 0 Å². The fourth-order valence-electron chi connectivity index (χ4n) is 0.941. The summed E-state index contributed by atoms with van der Waals surface area (Å²) < 4.78 is 1.45. The largest absolute Gasteiger partial charge is 0.476 e. The zero-order chi connectivity index (χ0) is 8.72. The molecule has 0 fully saturated rings. The normalized spacial score (nSPS) is 10.8. The number of nitrogens with one attached hydrogen (secondary N) is 1. The van der Waals surface area contributed by atoms with E-state index in [1.54, 1.807) is 0 Å². The summed E-state index contributed by atoms with van der Waals surface area (Å²) in [5, 5.41) is 11.7. The van der Waals surface area contributed by atoms with Crippen molar-refractivity contribution in [3.05, 3.63) is 23.1 Å². The Morgan fingerprint density at radius 1 is 1.75 bits per heavy atom. The highest BCUT2D eigenvalue weighted by Crippen LogP contribution is 2.15. The average Bonchev–Trinajstić information content (AvgIpc) is 2.53.